The predicted molar refractivity (Wildman–Crippen MR) is 91.7 cm³/mol. The number of furan rings is 1. The molecule has 0 aliphatic heterocycles. The average Bonchev–Trinajstić information content (AvgIpc) is 3.00. The molecule has 2 aromatic rings. The molecule has 2 amide bonds. The van der Waals surface area contributed by atoms with E-state index < -0.39 is 15.7 Å². The smallest absolute Gasteiger partial charge is 0.287 e. The van der Waals surface area contributed by atoms with E-state index in [1.807, 2.05) is 13.8 Å². The van der Waals surface area contributed by atoms with Crippen molar-refractivity contribution in [2.75, 3.05) is 6.54 Å². The zero-order valence-electron chi connectivity index (χ0n) is 14.0. The highest BCUT2D eigenvalue weighted by Crippen LogP contribution is 2.18. The molecule has 0 aliphatic carbocycles. The zero-order valence-corrected chi connectivity index (χ0v) is 14.8. The minimum atomic E-state index is -3.55. The summed E-state index contributed by atoms with van der Waals surface area (Å²) >= 11 is 0. The molecule has 2 N–H and O–H groups in total. The van der Waals surface area contributed by atoms with Crippen molar-refractivity contribution in [2.45, 2.75) is 30.5 Å². The van der Waals surface area contributed by atoms with Gasteiger partial charge in [-0.1, -0.05) is 18.2 Å². The Morgan fingerprint density at radius 3 is 2.40 bits per heavy atom. The van der Waals surface area contributed by atoms with Gasteiger partial charge in [-0.05, 0) is 38.1 Å². The number of carbonyl (C=O) groups excluding carboxylic acids is 2. The molecule has 0 saturated heterocycles. The molecule has 8 heteroatoms. The fourth-order valence-corrected chi connectivity index (χ4v) is 3.36. The Labute approximate surface area is 146 Å². The van der Waals surface area contributed by atoms with E-state index in [0.717, 1.165) is 0 Å². The summed E-state index contributed by atoms with van der Waals surface area (Å²) in [7, 11) is -3.55. The van der Waals surface area contributed by atoms with Gasteiger partial charge in [0.25, 0.3) is 5.91 Å². The molecule has 7 nitrogen and oxygen atoms in total. The maximum absolute atomic E-state index is 12.3. The van der Waals surface area contributed by atoms with E-state index in [-0.39, 0.29) is 40.7 Å². The first-order chi connectivity index (χ1) is 11.8. The summed E-state index contributed by atoms with van der Waals surface area (Å²) < 4.78 is 29.9. The number of nitrogens with one attached hydrogen (secondary N) is 2. The summed E-state index contributed by atoms with van der Waals surface area (Å²) in [6.45, 7) is 3.44. The lowest BCUT2D eigenvalue weighted by molar-refractivity contribution is -0.120. The zero-order chi connectivity index (χ0) is 18.4. The number of carbonyl (C=O) groups is 2. The third-order valence-corrected chi connectivity index (χ3v) is 4.83. The van der Waals surface area contributed by atoms with Crippen LogP contribution in [0.5, 0.6) is 0 Å². The molecule has 0 unspecified atom stereocenters. The van der Waals surface area contributed by atoms with E-state index >= 15 is 0 Å². The Bertz CT molecular complexity index is 841. The van der Waals surface area contributed by atoms with Crippen molar-refractivity contribution < 1.29 is 22.4 Å². The molecule has 1 heterocycles. The van der Waals surface area contributed by atoms with Crippen molar-refractivity contribution in [3.8, 4) is 0 Å². The Hall–Kier alpha value is -2.61. The maximum Gasteiger partial charge on any atom is 0.287 e. The molecular formula is C17H20N2O5S. The molecule has 0 spiro atoms. The number of hydrogen-bond acceptors (Lipinski definition) is 5. The van der Waals surface area contributed by atoms with E-state index in [4.69, 9.17) is 4.42 Å². The Kier molecular flexibility index (Phi) is 5.97. The summed E-state index contributed by atoms with van der Waals surface area (Å²) in [4.78, 5) is 23.6. The lowest BCUT2D eigenvalue weighted by Crippen LogP contribution is -2.39. The molecule has 0 atom stereocenters. The topological polar surface area (TPSA) is 105 Å². The van der Waals surface area contributed by atoms with Crippen LogP contribution in [0.4, 0.5) is 0 Å². The Morgan fingerprint density at radius 2 is 1.76 bits per heavy atom. The van der Waals surface area contributed by atoms with Crippen LogP contribution in [0.3, 0.4) is 0 Å². The first kappa shape index (κ1) is 18.7. The van der Waals surface area contributed by atoms with Gasteiger partial charge >= 0.3 is 0 Å². The first-order valence-electron chi connectivity index (χ1n) is 7.72. The van der Waals surface area contributed by atoms with E-state index in [9.17, 15) is 18.0 Å². The van der Waals surface area contributed by atoms with Gasteiger partial charge in [-0.3, -0.25) is 9.59 Å². The van der Waals surface area contributed by atoms with Gasteiger partial charge in [-0.15, -0.1) is 0 Å². The highest BCUT2D eigenvalue weighted by molar-refractivity contribution is 7.90. The second-order valence-electron chi connectivity index (χ2n) is 5.74. The van der Waals surface area contributed by atoms with Crippen molar-refractivity contribution in [2.24, 2.45) is 0 Å². The number of rotatable bonds is 7. The van der Waals surface area contributed by atoms with E-state index in [0.29, 0.717) is 0 Å². The van der Waals surface area contributed by atoms with Gasteiger partial charge in [-0.2, -0.15) is 0 Å². The van der Waals surface area contributed by atoms with E-state index in [1.54, 1.807) is 18.2 Å². The minimum absolute atomic E-state index is 0.0252. The molecule has 0 saturated carbocycles. The van der Waals surface area contributed by atoms with Crippen molar-refractivity contribution in [1.82, 2.24) is 10.6 Å². The van der Waals surface area contributed by atoms with Crippen molar-refractivity contribution in [3.63, 3.8) is 0 Å². The number of benzene rings is 1. The summed E-state index contributed by atoms with van der Waals surface area (Å²) in [5.74, 6) is -1.14. The maximum atomic E-state index is 12.3. The molecule has 0 aliphatic rings. The first-order valence-corrected chi connectivity index (χ1v) is 9.37. The highest BCUT2D eigenvalue weighted by atomic mass is 32.2. The number of amides is 2. The molecule has 0 fully saturated rings. The molecule has 2 rings (SSSR count). The third-order valence-electron chi connectivity index (χ3n) is 3.18. The van der Waals surface area contributed by atoms with Crippen LogP contribution >= 0.6 is 0 Å². The van der Waals surface area contributed by atoms with Gasteiger partial charge in [0.1, 0.15) is 11.5 Å². The second-order valence-corrected chi connectivity index (χ2v) is 7.73. The van der Waals surface area contributed by atoms with Crippen LogP contribution in [0.1, 0.15) is 30.2 Å². The standard InChI is InChI=1S/C17H20N2O5S/c1-12(2)19-16(20)10-18-17(21)15-9-8-13(24-15)11-25(22,23)14-6-4-3-5-7-14/h3-9,12H,10-11H2,1-2H3,(H,18,21)(H,19,20). The van der Waals surface area contributed by atoms with Crippen LogP contribution in [0.15, 0.2) is 51.8 Å². The summed E-state index contributed by atoms with van der Waals surface area (Å²) in [5.41, 5.74) is 0. The molecule has 0 bridgehead atoms. The van der Waals surface area contributed by atoms with Crippen molar-refractivity contribution >= 4 is 21.7 Å². The van der Waals surface area contributed by atoms with Crippen LogP contribution in [0.25, 0.3) is 0 Å². The molecule has 1 aromatic carbocycles. The predicted octanol–water partition coefficient (Wildman–Crippen LogP) is 1.51. The number of sulfone groups is 1. The van der Waals surface area contributed by atoms with Gasteiger partial charge in [0.05, 0.1) is 11.4 Å². The summed E-state index contributed by atoms with van der Waals surface area (Å²) in [5, 5.41) is 5.06. The molecule has 1 aromatic heterocycles. The monoisotopic (exact) mass is 364 g/mol. The largest absolute Gasteiger partial charge is 0.455 e. The van der Waals surface area contributed by atoms with Crippen LogP contribution in [-0.4, -0.2) is 32.8 Å². The molecule has 25 heavy (non-hydrogen) atoms. The quantitative estimate of drug-likeness (QED) is 0.775. The second kappa shape index (κ2) is 7.98. The lowest BCUT2D eigenvalue weighted by atomic mass is 10.3. The van der Waals surface area contributed by atoms with Crippen LogP contribution in [-0.2, 0) is 20.4 Å². The molecule has 134 valence electrons. The Morgan fingerprint density at radius 1 is 1.08 bits per heavy atom. The summed E-state index contributed by atoms with van der Waals surface area (Å²) in [6.07, 6.45) is 0. The normalized spacial score (nSPS) is 11.3. The average molecular weight is 364 g/mol. The molecular weight excluding hydrogens is 344 g/mol. The van der Waals surface area contributed by atoms with Crippen molar-refractivity contribution in [3.05, 3.63) is 54.0 Å². The van der Waals surface area contributed by atoms with E-state index in [1.165, 1.54) is 24.3 Å². The third kappa shape index (κ3) is 5.46. The Balaban J connectivity index is 1.98. The van der Waals surface area contributed by atoms with Crippen LogP contribution in [0, 0.1) is 0 Å². The van der Waals surface area contributed by atoms with Gasteiger partial charge in [0, 0.05) is 6.04 Å². The number of hydrogen-bond donors (Lipinski definition) is 2. The van der Waals surface area contributed by atoms with Crippen molar-refractivity contribution in [1.29, 1.82) is 0 Å². The van der Waals surface area contributed by atoms with Gasteiger partial charge < -0.3 is 15.1 Å². The van der Waals surface area contributed by atoms with E-state index in [2.05, 4.69) is 10.6 Å². The van der Waals surface area contributed by atoms with Gasteiger partial charge in [-0.25, -0.2) is 8.42 Å². The SMILES string of the molecule is CC(C)NC(=O)CNC(=O)c1ccc(CS(=O)(=O)c2ccccc2)o1. The minimum Gasteiger partial charge on any atom is -0.455 e. The fraction of sp³-hybridized carbons (Fsp3) is 0.294. The molecule has 0 radical (unpaired) electrons. The van der Waals surface area contributed by atoms with Gasteiger partial charge in [0.15, 0.2) is 15.6 Å². The van der Waals surface area contributed by atoms with Crippen LogP contribution < -0.4 is 10.6 Å². The highest BCUT2D eigenvalue weighted by Gasteiger charge is 2.19. The van der Waals surface area contributed by atoms with Crippen LogP contribution in [0.2, 0.25) is 0 Å². The lowest BCUT2D eigenvalue weighted by Gasteiger charge is -2.08. The van der Waals surface area contributed by atoms with Gasteiger partial charge in [0.2, 0.25) is 5.91 Å². The summed E-state index contributed by atoms with van der Waals surface area (Å²) in [6, 6.07) is 10.8. The fourth-order valence-electron chi connectivity index (χ4n) is 2.10.